The van der Waals surface area contributed by atoms with Crippen LogP contribution in [-0.2, 0) is 0 Å². The Kier molecular flexibility index (Phi) is 7.09. The Balaban J connectivity index is 1.21. The second kappa shape index (κ2) is 11.6. The van der Waals surface area contributed by atoms with E-state index in [4.69, 9.17) is 0 Å². The quantitative estimate of drug-likeness (QED) is 0.0903. The molecule has 4 amide bonds. The zero-order valence-electron chi connectivity index (χ0n) is 29.5. The fourth-order valence-corrected chi connectivity index (χ4v) is 8.57. The highest BCUT2D eigenvalue weighted by atomic mass is 16.2. The molecule has 256 valence electrons. The van der Waals surface area contributed by atoms with E-state index in [1.807, 2.05) is 84.9 Å². The third-order valence-electron chi connectivity index (χ3n) is 11.1. The molecule has 0 radical (unpaired) electrons. The van der Waals surface area contributed by atoms with E-state index in [0.29, 0.717) is 44.4 Å². The highest BCUT2D eigenvalue weighted by Gasteiger charge is 2.38. The highest BCUT2D eigenvalue weighted by molar-refractivity contribution is 6.45. The Hall–Kier alpha value is -6.28. The van der Waals surface area contributed by atoms with Gasteiger partial charge in [-0.25, -0.2) is 9.80 Å². The summed E-state index contributed by atoms with van der Waals surface area (Å²) in [4.78, 5) is 64.0. The van der Waals surface area contributed by atoms with Crippen molar-refractivity contribution < 1.29 is 19.2 Å². The molecule has 7 aromatic carbocycles. The molecule has 2 heterocycles. The Labute approximate surface area is 300 Å². The number of amides is 4. The van der Waals surface area contributed by atoms with Crippen LogP contribution in [0.15, 0.2) is 97.1 Å². The van der Waals surface area contributed by atoms with Gasteiger partial charge in [-0.1, -0.05) is 36.4 Å². The predicted molar refractivity (Wildman–Crippen MR) is 210 cm³/mol. The second-order valence-corrected chi connectivity index (χ2v) is 13.4. The summed E-state index contributed by atoms with van der Waals surface area (Å²) < 4.78 is 0. The topological polar surface area (TPSA) is 81.2 Å². The minimum absolute atomic E-state index is 0.365. The molecule has 0 fully saturated rings. The molecular formula is C44H36N4O4. The van der Waals surface area contributed by atoms with Gasteiger partial charge in [-0.2, -0.15) is 0 Å². The number of fused-ring (bicyclic) bond motifs is 2. The van der Waals surface area contributed by atoms with Gasteiger partial charge in [-0.3, -0.25) is 19.2 Å². The first-order valence-corrected chi connectivity index (χ1v) is 18.0. The number of nitrogens with zero attached hydrogens (tertiary/aromatic N) is 4. The monoisotopic (exact) mass is 684 g/mol. The van der Waals surface area contributed by atoms with Gasteiger partial charge in [-0.05, 0) is 121 Å². The summed E-state index contributed by atoms with van der Waals surface area (Å²) in [6.45, 7) is 11.5. The van der Waals surface area contributed by atoms with Gasteiger partial charge in [0.25, 0.3) is 23.6 Å². The van der Waals surface area contributed by atoms with E-state index in [1.165, 1.54) is 9.80 Å². The van der Waals surface area contributed by atoms with Crippen LogP contribution in [0.5, 0.6) is 0 Å². The SMILES string of the molecule is CCN(CC)c1cccc(N2C(=O)c3ccc4c5ccc6c7c(ccc(c8ccc(c3c48)C2=O)c75)C(=O)N(c2cccc(N(CC)CC)c2)C6=O)c1. The minimum atomic E-state index is -0.365. The zero-order valence-corrected chi connectivity index (χ0v) is 29.5. The third kappa shape index (κ3) is 4.21. The van der Waals surface area contributed by atoms with E-state index < -0.39 is 0 Å². The molecule has 0 saturated carbocycles. The van der Waals surface area contributed by atoms with Crippen LogP contribution in [0.3, 0.4) is 0 Å². The van der Waals surface area contributed by atoms with Crippen LogP contribution in [0.25, 0.3) is 43.1 Å². The van der Waals surface area contributed by atoms with Crippen LogP contribution >= 0.6 is 0 Å². The van der Waals surface area contributed by atoms with E-state index in [0.717, 1.165) is 69.9 Å². The summed E-state index contributed by atoms with van der Waals surface area (Å²) in [6, 6.07) is 30.1. The van der Waals surface area contributed by atoms with Gasteiger partial charge in [0.1, 0.15) is 0 Å². The molecule has 0 unspecified atom stereocenters. The number of carbonyl (C=O) groups excluding carboxylic acids is 4. The van der Waals surface area contributed by atoms with Gasteiger partial charge in [-0.15, -0.1) is 0 Å². The molecule has 0 saturated heterocycles. The van der Waals surface area contributed by atoms with Crippen molar-refractivity contribution in [2.75, 3.05) is 45.8 Å². The molecular weight excluding hydrogens is 649 g/mol. The van der Waals surface area contributed by atoms with Crippen LogP contribution in [-0.4, -0.2) is 49.8 Å². The summed E-state index contributed by atoms with van der Waals surface area (Å²) in [5.74, 6) is -1.46. The lowest BCUT2D eigenvalue weighted by atomic mass is 9.82. The summed E-state index contributed by atoms with van der Waals surface area (Å²) in [6.07, 6.45) is 0. The van der Waals surface area contributed by atoms with Crippen molar-refractivity contribution in [2.45, 2.75) is 27.7 Å². The van der Waals surface area contributed by atoms with Crippen LogP contribution < -0.4 is 19.6 Å². The Morgan fingerprint density at radius 1 is 0.404 bits per heavy atom. The van der Waals surface area contributed by atoms with E-state index >= 15 is 0 Å². The van der Waals surface area contributed by atoms with Crippen LogP contribution in [0.2, 0.25) is 0 Å². The highest BCUT2D eigenvalue weighted by Crippen LogP contribution is 2.47. The number of carbonyl (C=O) groups is 4. The van der Waals surface area contributed by atoms with Gasteiger partial charge in [0.2, 0.25) is 0 Å². The van der Waals surface area contributed by atoms with Crippen LogP contribution in [0.4, 0.5) is 22.7 Å². The number of hydrogen-bond donors (Lipinski definition) is 0. The molecule has 0 atom stereocenters. The normalized spacial score (nSPS) is 14.2. The predicted octanol–water partition coefficient (Wildman–Crippen LogP) is 9.03. The van der Waals surface area contributed by atoms with E-state index in [2.05, 4.69) is 37.5 Å². The second-order valence-electron chi connectivity index (χ2n) is 13.4. The standard InChI is InChI=1S/C44H36N4O4/c1-5-45(6-2)25-11-9-13-27(23-25)47-41(49)33-19-15-29-31-17-21-35-40-36(22-18-32(38(31)40)30-16-20-34(42(47)50)39(33)37(29)30)44(52)48(43(35)51)28-14-10-12-26(24-28)46(7-3)8-4/h9-24H,5-8H2,1-4H3. The largest absolute Gasteiger partial charge is 0.372 e. The first-order valence-electron chi connectivity index (χ1n) is 18.0. The Morgan fingerprint density at radius 3 is 1.00 bits per heavy atom. The first-order chi connectivity index (χ1) is 25.3. The Bertz CT molecular complexity index is 2390. The lowest BCUT2D eigenvalue weighted by Crippen LogP contribution is -2.40. The molecule has 8 heteroatoms. The number of anilines is 4. The third-order valence-corrected chi connectivity index (χ3v) is 11.1. The van der Waals surface area contributed by atoms with E-state index in [-0.39, 0.29) is 23.6 Å². The molecule has 2 aliphatic rings. The maximum Gasteiger partial charge on any atom is 0.265 e. The number of benzene rings is 7. The molecule has 52 heavy (non-hydrogen) atoms. The van der Waals surface area contributed by atoms with Crippen molar-refractivity contribution in [3.05, 3.63) is 119 Å². The fourth-order valence-electron chi connectivity index (χ4n) is 8.57. The van der Waals surface area contributed by atoms with Crippen molar-refractivity contribution in [3.63, 3.8) is 0 Å². The molecule has 2 aliphatic heterocycles. The van der Waals surface area contributed by atoms with Crippen molar-refractivity contribution in [1.82, 2.24) is 0 Å². The lowest BCUT2D eigenvalue weighted by molar-refractivity contribution is 0.0877. The summed E-state index contributed by atoms with van der Waals surface area (Å²) in [5, 5.41) is 6.35. The van der Waals surface area contributed by atoms with E-state index in [1.54, 1.807) is 12.1 Å². The average Bonchev–Trinajstić information content (AvgIpc) is 3.17. The van der Waals surface area contributed by atoms with Gasteiger partial charge >= 0.3 is 0 Å². The molecule has 8 nitrogen and oxygen atoms in total. The van der Waals surface area contributed by atoms with Gasteiger partial charge in [0.05, 0.1) is 11.4 Å². The number of imide groups is 2. The fraction of sp³-hybridized carbons (Fsp3) is 0.182. The maximum atomic E-state index is 14.3. The Morgan fingerprint density at radius 2 is 0.712 bits per heavy atom. The number of hydrogen-bond acceptors (Lipinski definition) is 6. The van der Waals surface area contributed by atoms with Crippen LogP contribution in [0.1, 0.15) is 69.1 Å². The van der Waals surface area contributed by atoms with Crippen molar-refractivity contribution in [3.8, 4) is 0 Å². The van der Waals surface area contributed by atoms with Crippen molar-refractivity contribution >= 4 is 89.5 Å². The zero-order chi connectivity index (χ0) is 36.0. The molecule has 0 aromatic heterocycles. The molecule has 0 N–H and O–H groups in total. The van der Waals surface area contributed by atoms with E-state index in [9.17, 15) is 19.2 Å². The lowest BCUT2D eigenvalue weighted by Gasteiger charge is -2.31. The summed E-state index contributed by atoms with van der Waals surface area (Å²) in [5.41, 5.74) is 4.82. The molecule has 0 spiro atoms. The van der Waals surface area contributed by atoms with Crippen molar-refractivity contribution in [1.29, 1.82) is 0 Å². The van der Waals surface area contributed by atoms with Crippen molar-refractivity contribution in [2.24, 2.45) is 0 Å². The average molecular weight is 685 g/mol. The first kappa shape index (κ1) is 31.7. The maximum absolute atomic E-state index is 14.3. The van der Waals surface area contributed by atoms with Gasteiger partial charge in [0, 0.05) is 70.6 Å². The summed E-state index contributed by atoms with van der Waals surface area (Å²) >= 11 is 0. The molecule has 7 aromatic rings. The van der Waals surface area contributed by atoms with Gasteiger partial charge in [0.15, 0.2) is 0 Å². The van der Waals surface area contributed by atoms with Gasteiger partial charge < -0.3 is 9.80 Å². The smallest absolute Gasteiger partial charge is 0.265 e. The minimum Gasteiger partial charge on any atom is -0.372 e. The number of rotatable bonds is 8. The molecule has 9 rings (SSSR count). The molecule has 0 bridgehead atoms. The summed E-state index contributed by atoms with van der Waals surface area (Å²) in [7, 11) is 0. The molecule has 0 aliphatic carbocycles. The van der Waals surface area contributed by atoms with Crippen LogP contribution in [0, 0.1) is 0 Å².